The summed E-state index contributed by atoms with van der Waals surface area (Å²) in [5, 5.41) is 12.5. The monoisotopic (exact) mass is 617 g/mol. The molecule has 7 rings (SSSR count). The number of rotatable bonds is 10. The van der Waals surface area contributed by atoms with Crippen molar-refractivity contribution in [2.24, 2.45) is 5.92 Å². The average Bonchev–Trinajstić information content (AvgIpc) is 3.80. The van der Waals surface area contributed by atoms with Crippen LogP contribution in [-0.2, 0) is 4.79 Å². The highest BCUT2D eigenvalue weighted by atomic mass is 19.1. The van der Waals surface area contributed by atoms with Crippen molar-refractivity contribution in [3.8, 4) is 39.4 Å². The number of carbonyl (C=O) groups is 1. The predicted molar refractivity (Wildman–Crippen MR) is 179 cm³/mol. The summed E-state index contributed by atoms with van der Waals surface area (Å²) < 4.78 is 20.8. The number of ether oxygens (including phenoxy) is 1. The summed E-state index contributed by atoms with van der Waals surface area (Å²) in [6.45, 7) is 7.57. The molecule has 0 saturated carbocycles. The summed E-state index contributed by atoms with van der Waals surface area (Å²) in [6.07, 6.45) is 8.05. The zero-order valence-electron chi connectivity index (χ0n) is 25.9. The number of hydrogen-bond donors (Lipinski definition) is 3. The molecular weight excluding hydrogens is 581 g/mol. The maximum atomic E-state index is 14.8. The Morgan fingerprint density at radius 3 is 2.72 bits per heavy atom. The second-order valence-electron chi connectivity index (χ2n) is 12.3. The lowest BCUT2D eigenvalue weighted by Crippen LogP contribution is -2.25. The molecule has 1 aliphatic heterocycles. The standard InChI is InChI=1S/C36H36FN7O2/c1-22(2)13-34(45)40-27-15-25(20-38-21-27)23-5-6-32-31(17-23)35(43-42-32)33-19-30-29(7-8-39-36(30)41-33)24-14-26(37)18-28(16-24)46-12-11-44-9-3-4-10-44/h5-8,14-22H,3-4,9-13H2,1-2H3,(H,39,41)(H,40,45)(H,42,43). The van der Waals surface area contributed by atoms with E-state index in [1.807, 2.05) is 50.2 Å². The molecule has 0 atom stereocenters. The number of likely N-dealkylation sites (tertiary alicyclic amines) is 1. The smallest absolute Gasteiger partial charge is 0.224 e. The van der Waals surface area contributed by atoms with Crippen LogP contribution in [0.15, 0.2) is 73.2 Å². The molecular formula is C36H36FN7O2. The van der Waals surface area contributed by atoms with Crippen molar-refractivity contribution >= 4 is 33.5 Å². The van der Waals surface area contributed by atoms with Gasteiger partial charge in [-0.25, -0.2) is 9.37 Å². The molecule has 0 bridgehead atoms. The Kier molecular flexibility index (Phi) is 8.19. The molecule has 1 saturated heterocycles. The normalized spacial score (nSPS) is 13.7. The summed E-state index contributed by atoms with van der Waals surface area (Å²) in [6, 6.07) is 16.7. The number of amides is 1. The largest absolute Gasteiger partial charge is 0.492 e. The molecule has 10 heteroatoms. The van der Waals surface area contributed by atoms with Crippen LogP contribution in [0.1, 0.15) is 33.1 Å². The molecule has 4 aromatic heterocycles. The Balaban J connectivity index is 1.18. The maximum absolute atomic E-state index is 14.8. The summed E-state index contributed by atoms with van der Waals surface area (Å²) in [7, 11) is 0. The minimum absolute atomic E-state index is 0.0344. The number of anilines is 1. The number of benzene rings is 2. The fraction of sp³-hybridized carbons (Fsp3) is 0.278. The molecule has 9 nitrogen and oxygen atoms in total. The molecule has 2 aromatic carbocycles. The molecule has 1 fully saturated rings. The number of aromatic amines is 2. The second-order valence-corrected chi connectivity index (χ2v) is 12.3. The number of pyridine rings is 2. The Morgan fingerprint density at radius 2 is 1.87 bits per heavy atom. The van der Waals surface area contributed by atoms with Crippen LogP contribution in [-0.4, -0.2) is 62.2 Å². The number of aromatic nitrogens is 5. The Labute approximate surface area is 266 Å². The number of halogens is 1. The number of nitrogens with zero attached hydrogens (tertiary/aromatic N) is 4. The first-order valence-corrected chi connectivity index (χ1v) is 15.8. The van der Waals surface area contributed by atoms with Gasteiger partial charge < -0.3 is 15.0 Å². The lowest BCUT2D eigenvalue weighted by molar-refractivity contribution is -0.116. The second kappa shape index (κ2) is 12.7. The van der Waals surface area contributed by atoms with Gasteiger partial charge in [-0.15, -0.1) is 0 Å². The first kappa shape index (κ1) is 29.6. The highest BCUT2D eigenvalue weighted by molar-refractivity contribution is 6.01. The van der Waals surface area contributed by atoms with Crippen LogP contribution in [0.5, 0.6) is 5.75 Å². The zero-order valence-corrected chi connectivity index (χ0v) is 25.9. The van der Waals surface area contributed by atoms with E-state index in [0.717, 1.165) is 69.6 Å². The molecule has 234 valence electrons. The SMILES string of the molecule is CC(C)CC(=O)Nc1cncc(-c2ccc3[nH]nc(-c4cc5c(-c6cc(F)cc(OCCN7CCCC7)c6)ccnc5[nH]4)c3c2)c1. The molecule has 1 aliphatic rings. The van der Waals surface area contributed by atoms with Crippen LogP contribution in [0.25, 0.3) is 55.6 Å². The van der Waals surface area contributed by atoms with Gasteiger partial charge in [0.2, 0.25) is 5.91 Å². The number of hydrogen-bond acceptors (Lipinski definition) is 6. The molecule has 5 heterocycles. The Morgan fingerprint density at radius 1 is 1.00 bits per heavy atom. The van der Waals surface area contributed by atoms with Crippen LogP contribution in [0.3, 0.4) is 0 Å². The minimum atomic E-state index is -0.349. The van der Waals surface area contributed by atoms with Gasteiger partial charge in [0.05, 0.1) is 23.1 Å². The van der Waals surface area contributed by atoms with E-state index in [0.29, 0.717) is 30.1 Å². The molecule has 0 unspecified atom stereocenters. The first-order chi connectivity index (χ1) is 22.4. The van der Waals surface area contributed by atoms with E-state index in [1.165, 1.54) is 25.0 Å². The fourth-order valence-corrected chi connectivity index (χ4v) is 6.15. The van der Waals surface area contributed by atoms with Crippen molar-refractivity contribution in [3.63, 3.8) is 0 Å². The van der Waals surface area contributed by atoms with Gasteiger partial charge in [-0.1, -0.05) is 19.9 Å². The Bertz CT molecular complexity index is 2030. The Hall–Kier alpha value is -5.09. The molecule has 6 aromatic rings. The van der Waals surface area contributed by atoms with Crippen LogP contribution in [0, 0.1) is 11.7 Å². The molecule has 0 aliphatic carbocycles. The van der Waals surface area contributed by atoms with Crippen molar-refractivity contribution in [1.82, 2.24) is 30.0 Å². The van der Waals surface area contributed by atoms with Crippen molar-refractivity contribution in [1.29, 1.82) is 0 Å². The van der Waals surface area contributed by atoms with Gasteiger partial charge in [0.1, 0.15) is 29.5 Å². The highest BCUT2D eigenvalue weighted by Gasteiger charge is 2.17. The predicted octanol–water partition coefficient (Wildman–Crippen LogP) is 7.43. The van der Waals surface area contributed by atoms with Gasteiger partial charge in [0.25, 0.3) is 0 Å². The molecule has 1 amide bonds. The van der Waals surface area contributed by atoms with Crippen molar-refractivity contribution in [3.05, 3.63) is 79.0 Å². The minimum Gasteiger partial charge on any atom is -0.492 e. The lowest BCUT2D eigenvalue weighted by atomic mass is 10.0. The van der Waals surface area contributed by atoms with Gasteiger partial charge in [-0.05, 0) is 91.0 Å². The summed E-state index contributed by atoms with van der Waals surface area (Å²) in [5.41, 5.74) is 7.11. The zero-order chi connectivity index (χ0) is 31.6. The fourth-order valence-electron chi connectivity index (χ4n) is 6.15. The first-order valence-electron chi connectivity index (χ1n) is 15.8. The van der Waals surface area contributed by atoms with Gasteiger partial charge in [-0.3, -0.25) is 19.8 Å². The van der Waals surface area contributed by atoms with E-state index in [2.05, 4.69) is 41.4 Å². The van der Waals surface area contributed by atoms with Crippen LogP contribution in [0.2, 0.25) is 0 Å². The van der Waals surface area contributed by atoms with E-state index in [9.17, 15) is 9.18 Å². The maximum Gasteiger partial charge on any atom is 0.224 e. The van der Waals surface area contributed by atoms with E-state index in [-0.39, 0.29) is 17.6 Å². The molecule has 3 N–H and O–H groups in total. The van der Waals surface area contributed by atoms with E-state index < -0.39 is 0 Å². The van der Waals surface area contributed by atoms with E-state index in [1.54, 1.807) is 18.6 Å². The molecule has 0 spiro atoms. The van der Waals surface area contributed by atoms with Crippen LogP contribution >= 0.6 is 0 Å². The summed E-state index contributed by atoms with van der Waals surface area (Å²) >= 11 is 0. The topological polar surface area (TPSA) is 112 Å². The van der Waals surface area contributed by atoms with Crippen molar-refractivity contribution < 1.29 is 13.9 Å². The average molecular weight is 618 g/mol. The quantitative estimate of drug-likeness (QED) is 0.147. The summed E-state index contributed by atoms with van der Waals surface area (Å²) in [5.74, 6) is 0.397. The highest BCUT2D eigenvalue weighted by Crippen LogP contribution is 2.36. The van der Waals surface area contributed by atoms with Crippen molar-refractivity contribution in [2.45, 2.75) is 33.1 Å². The van der Waals surface area contributed by atoms with Crippen LogP contribution in [0.4, 0.5) is 10.1 Å². The van der Waals surface area contributed by atoms with Gasteiger partial charge in [-0.2, -0.15) is 5.10 Å². The lowest BCUT2D eigenvalue weighted by Gasteiger charge is -2.15. The van der Waals surface area contributed by atoms with E-state index in [4.69, 9.17) is 4.74 Å². The van der Waals surface area contributed by atoms with Crippen LogP contribution < -0.4 is 10.1 Å². The summed E-state index contributed by atoms with van der Waals surface area (Å²) in [4.78, 5) is 27.1. The third-order valence-corrected chi connectivity index (χ3v) is 8.36. The molecule has 0 radical (unpaired) electrons. The van der Waals surface area contributed by atoms with Gasteiger partial charge in [0.15, 0.2) is 0 Å². The van der Waals surface area contributed by atoms with Crippen molar-refractivity contribution in [2.75, 3.05) is 31.6 Å². The number of fused-ring (bicyclic) bond motifs is 2. The third kappa shape index (κ3) is 6.34. The number of carbonyl (C=O) groups excluding carboxylic acids is 1. The van der Waals surface area contributed by atoms with E-state index >= 15 is 0 Å². The number of nitrogens with one attached hydrogen (secondary N) is 3. The van der Waals surface area contributed by atoms with Gasteiger partial charge >= 0.3 is 0 Å². The third-order valence-electron chi connectivity index (χ3n) is 8.36. The van der Waals surface area contributed by atoms with Gasteiger partial charge in [0, 0.05) is 47.8 Å². The number of H-pyrrole nitrogens is 2. The molecule has 46 heavy (non-hydrogen) atoms.